The summed E-state index contributed by atoms with van der Waals surface area (Å²) in [5.41, 5.74) is 2.01. The average Bonchev–Trinajstić information content (AvgIpc) is 2.83. The van der Waals surface area contributed by atoms with Crippen LogP contribution in [0.15, 0.2) is 78.9 Å². The van der Waals surface area contributed by atoms with Crippen molar-refractivity contribution < 1.29 is 14.0 Å². The van der Waals surface area contributed by atoms with Crippen LogP contribution in [0.3, 0.4) is 0 Å². The summed E-state index contributed by atoms with van der Waals surface area (Å²) in [4.78, 5) is 28.0. The summed E-state index contributed by atoms with van der Waals surface area (Å²) in [7, 11) is 0. The predicted molar refractivity (Wildman–Crippen MR) is 123 cm³/mol. The number of rotatable bonds is 5. The van der Waals surface area contributed by atoms with Crippen LogP contribution in [0.5, 0.6) is 0 Å². The van der Waals surface area contributed by atoms with Crippen LogP contribution in [-0.4, -0.2) is 23.3 Å². The van der Waals surface area contributed by atoms with Crippen molar-refractivity contribution in [2.75, 3.05) is 6.54 Å². The van der Waals surface area contributed by atoms with Gasteiger partial charge in [0.2, 0.25) is 5.91 Å². The van der Waals surface area contributed by atoms with Gasteiger partial charge in [-0.05, 0) is 48.7 Å². The quantitative estimate of drug-likeness (QED) is 0.566. The number of carbonyl (C=O) groups is 2. The lowest BCUT2D eigenvalue weighted by Crippen LogP contribution is -2.46. The fraction of sp³-hybridized carbons (Fsp3) is 0.231. The van der Waals surface area contributed by atoms with Gasteiger partial charge in [-0.2, -0.15) is 0 Å². The van der Waals surface area contributed by atoms with Gasteiger partial charge in [-0.3, -0.25) is 9.59 Å². The highest BCUT2D eigenvalue weighted by molar-refractivity contribution is 6.30. The summed E-state index contributed by atoms with van der Waals surface area (Å²) >= 11 is 5.98. The maximum atomic E-state index is 13.9. The zero-order valence-electron chi connectivity index (χ0n) is 17.5. The van der Waals surface area contributed by atoms with E-state index in [0.717, 1.165) is 5.56 Å². The number of carbonyl (C=O) groups excluding carboxylic acids is 2. The van der Waals surface area contributed by atoms with Crippen molar-refractivity contribution in [3.05, 3.63) is 106 Å². The molecule has 0 aromatic heterocycles. The molecule has 4 rings (SSSR count). The van der Waals surface area contributed by atoms with Crippen LogP contribution >= 0.6 is 11.6 Å². The first-order valence-corrected chi connectivity index (χ1v) is 11.0. The molecule has 32 heavy (non-hydrogen) atoms. The Balaban J connectivity index is 1.52. The van der Waals surface area contributed by atoms with Crippen LogP contribution in [0.4, 0.5) is 4.39 Å². The van der Waals surface area contributed by atoms with Gasteiger partial charge >= 0.3 is 0 Å². The molecular formula is C26H24ClFN2O2. The molecule has 4 nitrogen and oxygen atoms in total. The molecule has 1 aliphatic heterocycles. The monoisotopic (exact) mass is 450 g/mol. The highest BCUT2D eigenvalue weighted by atomic mass is 35.5. The van der Waals surface area contributed by atoms with Crippen molar-refractivity contribution in [1.82, 2.24) is 10.2 Å². The van der Waals surface area contributed by atoms with Crippen molar-refractivity contribution in [2.24, 2.45) is 5.92 Å². The minimum Gasteiger partial charge on any atom is -0.352 e. The standard InChI is InChI=1S/C26H24ClFN2O2/c27-22-13-10-19(11-14-22)26(32)30-17-21(12-15-24(30)18-6-2-1-3-7-18)25(31)29-16-20-8-4-5-9-23(20)28/h1-11,13-14,21,24H,12,15-17H2,(H,29,31)/t21-,24-/m0/s1. The molecule has 0 unspecified atom stereocenters. The van der Waals surface area contributed by atoms with E-state index in [1.54, 1.807) is 47.4 Å². The minimum atomic E-state index is -0.363. The molecule has 0 aliphatic carbocycles. The number of hydrogen-bond donors (Lipinski definition) is 1. The third-order valence-corrected chi connectivity index (χ3v) is 6.15. The Kier molecular flexibility index (Phi) is 6.86. The number of benzene rings is 3. The Morgan fingerprint density at radius 2 is 1.62 bits per heavy atom. The van der Waals surface area contributed by atoms with Gasteiger partial charge in [-0.25, -0.2) is 4.39 Å². The molecule has 2 amide bonds. The van der Waals surface area contributed by atoms with E-state index in [0.29, 0.717) is 35.5 Å². The number of nitrogens with one attached hydrogen (secondary N) is 1. The summed E-state index contributed by atoms with van der Waals surface area (Å²) in [6.07, 6.45) is 1.31. The Bertz CT molecular complexity index is 1090. The first-order chi connectivity index (χ1) is 15.5. The molecule has 1 saturated heterocycles. The molecule has 1 N–H and O–H groups in total. The Hall–Kier alpha value is -3.18. The van der Waals surface area contributed by atoms with Crippen LogP contribution in [0, 0.1) is 11.7 Å². The van der Waals surface area contributed by atoms with Crippen LogP contribution in [-0.2, 0) is 11.3 Å². The van der Waals surface area contributed by atoms with E-state index >= 15 is 0 Å². The molecule has 0 spiro atoms. The average molecular weight is 451 g/mol. The Morgan fingerprint density at radius 3 is 2.34 bits per heavy atom. The first kappa shape index (κ1) is 22.0. The SMILES string of the molecule is O=C(NCc1ccccc1F)[C@H]1CC[C@@H](c2ccccc2)N(C(=O)c2ccc(Cl)cc2)C1. The number of amides is 2. The van der Waals surface area contributed by atoms with Gasteiger partial charge in [0.25, 0.3) is 5.91 Å². The molecule has 0 bridgehead atoms. The van der Waals surface area contributed by atoms with Crippen molar-refractivity contribution in [3.8, 4) is 0 Å². The maximum Gasteiger partial charge on any atom is 0.254 e. The van der Waals surface area contributed by atoms with Gasteiger partial charge in [-0.1, -0.05) is 60.1 Å². The number of hydrogen-bond acceptors (Lipinski definition) is 2. The molecule has 1 heterocycles. The van der Waals surface area contributed by atoms with E-state index < -0.39 is 0 Å². The molecule has 0 saturated carbocycles. The predicted octanol–water partition coefficient (Wildman–Crippen LogP) is 5.39. The zero-order valence-corrected chi connectivity index (χ0v) is 18.3. The fourth-order valence-corrected chi connectivity index (χ4v) is 4.28. The molecule has 2 atom stereocenters. The van der Waals surface area contributed by atoms with Gasteiger partial charge in [0.1, 0.15) is 5.82 Å². The van der Waals surface area contributed by atoms with Gasteiger partial charge in [0.05, 0.1) is 12.0 Å². The highest BCUT2D eigenvalue weighted by Gasteiger charge is 2.35. The summed E-state index contributed by atoms with van der Waals surface area (Å²) < 4.78 is 13.9. The maximum absolute atomic E-state index is 13.9. The molecule has 3 aromatic carbocycles. The van der Waals surface area contributed by atoms with Gasteiger partial charge in [-0.15, -0.1) is 0 Å². The van der Waals surface area contributed by atoms with Crippen LogP contribution in [0.1, 0.15) is 40.4 Å². The Morgan fingerprint density at radius 1 is 0.938 bits per heavy atom. The summed E-state index contributed by atoms with van der Waals surface area (Å²) in [6, 6.07) is 22.9. The van der Waals surface area contributed by atoms with E-state index in [1.807, 2.05) is 30.3 Å². The van der Waals surface area contributed by atoms with Crippen LogP contribution < -0.4 is 5.32 Å². The fourth-order valence-electron chi connectivity index (χ4n) is 4.16. The van der Waals surface area contributed by atoms with E-state index in [9.17, 15) is 14.0 Å². The van der Waals surface area contributed by atoms with Crippen LogP contribution in [0.25, 0.3) is 0 Å². The van der Waals surface area contributed by atoms with E-state index in [2.05, 4.69) is 5.32 Å². The summed E-state index contributed by atoms with van der Waals surface area (Å²) in [6.45, 7) is 0.416. The molecule has 1 fully saturated rings. The highest BCUT2D eigenvalue weighted by Crippen LogP contribution is 2.34. The lowest BCUT2D eigenvalue weighted by atomic mass is 9.87. The lowest BCUT2D eigenvalue weighted by molar-refractivity contribution is -0.127. The van der Waals surface area contributed by atoms with Gasteiger partial charge in [0, 0.05) is 29.2 Å². The molecule has 1 aliphatic rings. The van der Waals surface area contributed by atoms with Crippen LogP contribution in [0.2, 0.25) is 5.02 Å². The molecule has 0 radical (unpaired) electrons. The summed E-state index contributed by atoms with van der Waals surface area (Å²) in [5.74, 6) is -1.02. The Labute approximate surface area is 192 Å². The smallest absolute Gasteiger partial charge is 0.254 e. The second-order valence-electron chi connectivity index (χ2n) is 7.97. The molecule has 3 aromatic rings. The lowest BCUT2D eigenvalue weighted by Gasteiger charge is -2.39. The number of piperidine rings is 1. The molecule has 6 heteroatoms. The van der Waals surface area contributed by atoms with Gasteiger partial charge in [0.15, 0.2) is 0 Å². The van der Waals surface area contributed by atoms with E-state index in [1.165, 1.54) is 6.07 Å². The number of nitrogens with zero attached hydrogens (tertiary/aromatic N) is 1. The minimum absolute atomic E-state index is 0.116. The number of halogens is 2. The summed E-state index contributed by atoms with van der Waals surface area (Å²) in [5, 5.41) is 3.40. The van der Waals surface area contributed by atoms with E-state index in [-0.39, 0.29) is 36.1 Å². The molecular weight excluding hydrogens is 427 g/mol. The van der Waals surface area contributed by atoms with Crippen molar-refractivity contribution >= 4 is 23.4 Å². The molecule has 164 valence electrons. The third-order valence-electron chi connectivity index (χ3n) is 5.90. The van der Waals surface area contributed by atoms with Crippen molar-refractivity contribution in [3.63, 3.8) is 0 Å². The zero-order chi connectivity index (χ0) is 22.5. The second-order valence-corrected chi connectivity index (χ2v) is 8.41. The van der Waals surface area contributed by atoms with Crippen molar-refractivity contribution in [1.29, 1.82) is 0 Å². The number of likely N-dealkylation sites (tertiary alicyclic amines) is 1. The second kappa shape index (κ2) is 9.96. The topological polar surface area (TPSA) is 49.4 Å². The first-order valence-electron chi connectivity index (χ1n) is 10.7. The third kappa shape index (κ3) is 5.00. The van der Waals surface area contributed by atoms with E-state index in [4.69, 9.17) is 11.6 Å². The van der Waals surface area contributed by atoms with Crippen molar-refractivity contribution in [2.45, 2.75) is 25.4 Å². The van der Waals surface area contributed by atoms with Gasteiger partial charge < -0.3 is 10.2 Å². The largest absolute Gasteiger partial charge is 0.352 e. The normalized spacial score (nSPS) is 18.2.